The summed E-state index contributed by atoms with van der Waals surface area (Å²) in [5.74, 6) is 4.03. The highest BCUT2D eigenvalue weighted by molar-refractivity contribution is 5.33. The quantitative estimate of drug-likeness (QED) is 0.511. The summed E-state index contributed by atoms with van der Waals surface area (Å²) in [7, 11) is 1.57. The summed E-state index contributed by atoms with van der Waals surface area (Å²) in [6.07, 6.45) is -3.41. The van der Waals surface area contributed by atoms with Crippen LogP contribution in [0.4, 0.5) is 17.6 Å². The number of halogens is 4. The van der Waals surface area contributed by atoms with Crippen LogP contribution in [0.25, 0.3) is 0 Å². The molecule has 0 aliphatic carbocycles. The van der Waals surface area contributed by atoms with Crippen molar-refractivity contribution in [2.24, 2.45) is 12.9 Å². The Labute approximate surface area is 111 Å². The summed E-state index contributed by atoms with van der Waals surface area (Å²) in [6.45, 7) is 0. The Bertz CT molecular complexity index is 607. The monoisotopic (exact) mass is 289 g/mol. The average Bonchev–Trinajstić information content (AvgIpc) is 2.77. The van der Waals surface area contributed by atoms with E-state index < -0.39 is 23.6 Å². The molecule has 108 valence electrons. The maximum Gasteiger partial charge on any atom is 0.419 e. The molecular formula is C11H11F4N5. The third-order valence-corrected chi connectivity index (χ3v) is 2.84. The van der Waals surface area contributed by atoms with E-state index in [1.165, 1.54) is 16.9 Å². The number of nitrogens with zero attached hydrogens (tertiary/aromatic N) is 3. The van der Waals surface area contributed by atoms with Gasteiger partial charge in [0.2, 0.25) is 0 Å². The number of nitrogens with one attached hydrogen (secondary N) is 1. The van der Waals surface area contributed by atoms with E-state index in [1.54, 1.807) is 7.05 Å². The van der Waals surface area contributed by atoms with Crippen molar-refractivity contribution in [3.63, 3.8) is 0 Å². The number of alkyl halides is 3. The third-order valence-electron chi connectivity index (χ3n) is 2.84. The number of nitrogens with two attached hydrogens (primary N) is 1. The first-order chi connectivity index (χ1) is 9.34. The van der Waals surface area contributed by atoms with Crippen LogP contribution in [0.2, 0.25) is 0 Å². The molecule has 0 bridgehead atoms. The van der Waals surface area contributed by atoms with E-state index in [0.717, 1.165) is 6.07 Å². The minimum atomic E-state index is -4.77. The summed E-state index contributed by atoms with van der Waals surface area (Å²) in [5, 5.41) is 7.30. The summed E-state index contributed by atoms with van der Waals surface area (Å²) in [5.41, 5.74) is 1.64. The lowest BCUT2D eigenvalue weighted by molar-refractivity contribution is -0.140. The van der Waals surface area contributed by atoms with Gasteiger partial charge in [-0.2, -0.15) is 13.2 Å². The highest BCUT2D eigenvalue weighted by Gasteiger charge is 2.35. The Morgan fingerprint density at radius 2 is 2.05 bits per heavy atom. The normalized spacial score (nSPS) is 13.5. The van der Waals surface area contributed by atoms with E-state index in [4.69, 9.17) is 5.84 Å². The van der Waals surface area contributed by atoms with Crippen LogP contribution < -0.4 is 11.3 Å². The molecule has 0 aliphatic heterocycles. The zero-order valence-electron chi connectivity index (χ0n) is 10.3. The lowest BCUT2D eigenvalue weighted by Gasteiger charge is -2.18. The zero-order valence-corrected chi connectivity index (χ0v) is 10.3. The molecular weight excluding hydrogens is 278 g/mol. The predicted molar refractivity (Wildman–Crippen MR) is 61.6 cm³/mol. The number of hydrazine groups is 1. The SMILES string of the molecule is Cn1nncc1C(NN)c1ccc(F)c(C(F)(F)F)c1. The fourth-order valence-corrected chi connectivity index (χ4v) is 1.85. The van der Waals surface area contributed by atoms with Crippen molar-refractivity contribution in [2.45, 2.75) is 12.2 Å². The molecule has 9 heteroatoms. The van der Waals surface area contributed by atoms with Gasteiger partial charge < -0.3 is 0 Å². The maximum atomic E-state index is 13.3. The van der Waals surface area contributed by atoms with Gasteiger partial charge in [0, 0.05) is 7.05 Å². The van der Waals surface area contributed by atoms with E-state index in [-0.39, 0.29) is 5.56 Å². The van der Waals surface area contributed by atoms with Crippen molar-refractivity contribution in [3.8, 4) is 0 Å². The van der Waals surface area contributed by atoms with Crippen molar-refractivity contribution < 1.29 is 17.6 Å². The molecule has 0 saturated carbocycles. The van der Waals surface area contributed by atoms with E-state index in [1.807, 2.05) is 0 Å². The fraction of sp³-hybridized carbons (Fsp3) is 0.273. The van der Waals surface area contributed by atoms with Crippen molar-refractivity contribution >= 4 is 0 Å². The van der Waals surface area contributed by atoms with Gasteiger partial charge >= 0.3 is 6.18 Å². The topological polar surface area (TPSA) is 68.8 Å². The number of aryl methyl sites for hydroxylation is 1. The first-order valence-electron chi connectivity index (χ1n) is 5.52. The molecule has 3 N–H and O–H groups in total. The number of aromatic nitrogens is 3. The zero-order chi connectivity index (χ0) is 14.9. The van der Waals surface area contributed by atoms with Gasteiger partial charge in [-0.3, -0.25) is 10.5 Å². The van der Waals surface area contributed by atoms with Crippen molar-refractivity contribution in [3.05, 3.63) is 47.0 Å². The molecule has 0 aliphatic rings. The van der Waals surface area contributed by atoms with E-state index in [9.17, 15) is 17.6 Å². The van der Waals surface area contributed by atoms with Crippen LogP contribution in [0.1, 0.15) is 22.9 Å². The van der Waals surface area contributed by atoms with Gasteiger partial charge in [-0.1, -0.05) is 11.3 Å². The molecule has 1 unspecified atom stereocenters. The van der Waals surface area contributed by atoms with Crippen molar-refractivity contribution in [1.82, 2.24) is 20.4 Å². The van der Waals surface area contributed by atoms with Gasteiger partial charge in [0.05, 0.1) is 23.5 Å². The largest absolute Gasteiger partial charge is 0.419 e. The highest BCUT2D eigenvalue weighted by Crippen LogP contribution is 2.33. The summed E-state index contributed by atoms with van der Waals surface area (Å²) >= 11 is 0. The van der Waals surface area contributed by atoms with Crippen LogP contribution in [-0.4, -0.2) is 15.0 Å². The number of hydrogen-bond donors (Lipinski definition) is 2. The molecule has 20 heavy (non-hydrogen) atoms. The van der Waals surface area contributed by atoms with Gasteiger partial charge in [-0.05, 0) is 17.7 Å². The summed E-state index contributed by atoms with van der Waals surface area (Å²) < 4.78 is 52.7. The lowest BCUT2D eigenvalue weighted by atomic mass is 10.0. The first kappa shape index (κ1) is 14.4. The van der Waals surface area contributed by atoms with Gasteiger partial charge in [0.1, 0.15) is 5.82 Å². The second-order valence-corrected chi connectivity index (χ2v) is 4.12. The van der Waals surface area contributed by atoms with Crippen LogP contribution in [0, 0.1) is 5.82 Å². The molecule has 1 aromatic heterocycles. The Morgan fingerprint density at radius 3 is 2.55 bits per heavy atom. The molecule has 0 radical (unpaired) electrons. The van der Waals surface area contributed by atoms with Crippen molar-refractivity contribution in [2.75, 3.05) is 0 Å². The van der Waals surface area contributed by atoms with Gasteiger partial charge in [0.15, 0.2) is 0 Å². The molecule has 0 saturated heterocycles. The van der Waals surface area contributed by atoms with E-state index in [0.29, 0.717) is 11.8 Å². The molecule has 2 aromatic rings. The molecule has 5 nitrogen and oxygen atoms in total. The Hall–Kier alpha value is -2.00. The minimum absolute atomic E-state index is 0.159. The lowest BCUT2D eigenvalue weighted by Crippen LogP contribution is -2.30. The molecule has 1 heterocycles. The van der Waals surface area contributed by atoms with Crippen LogP contribution in [0.15, 0.2) is 24.4 Å². The van der Waals surface area contributed by atoms with E-state index >= 15 is 0 Å². The Kier molecular flexibility index (Phi) is 3.73. The Balaban J connectivity index is 2.49. The first-order valence-corrected chi connectivity index (χ1v) is 5.52. The number of rotatable bonds is 3. The molecule has 0 fully saturated rings. The maximum absolute atomic E-state index is 13.3. The average molecular weight is 289 g/mol. The second-order valence-electron chi connectivity index (χ2n) is 4.12. The number of benzene rings is 1. The molecule has 0 spiro atoms. The van der Waals surface area contributed by atoms with Crippen LogP contribution in [0.5, 0.6) is 0 Å². The Morgan fingerprint density at radius 1 is 1.35 bits per heavy atom. The predicted octanol–water partition coefficient (Wildman–Crippen LogP) is 1.53. The highest BCUT2D eigenvalue weighted by atomic mass is 19.4. The third kappa shape index (κ3) is 2.63. The van der Waals surface area contributed by atoms with Crippen LogP contribution in [0.3, 0.4) is 0 Å². The number of hydrogen-bond acceptors (Lipinski definition) is 4. The van der Waals surface area contributed by atoms with Gasteiger partial charge in [0.25, 0.3) is 0 Å². The second kappa shape index (κ2) is 5.17. The van der Waals surface area contributed by atoms with Gasteiger partial charge in [-0.15, -0.1) is 5.10 Å². The summed E-state index contributed by atoms with van der Waals surface area (Å²) in [4.78, 5) is 0. The smallest absolute Gasteiger partial charge is 0.271 e. The van der Waals surface area contributed by atoms with Crippen molar-refractivity contribution in [1.29, 1.82) is 0 Å². The summed E-state index contributed by atoms with van der Waals surface area (Å²) in [6, 6.07) is 1.91. The van der Waals surface area contributed by atoms with E-state index in [2.05, 4.69) is 15.7 Å². The molecule has 2 rings (SSSR count). The van der Waals surface area contributed by atoms with Crippen LogP contribution in [-0.2, 0) is 13.2 Å². The molecule has 1 aromatic carbocycles. The molecule has 1 atom stereocenters. The minimum Gasteiger partial charge on any atom is -0.271 e. The standard InChI is InChI=1S/C11H11F4N5/c1-20-9(5-17-19-20)10(18-16)6-2-3-8(12)7(4-6)11(13,14)15/h2-5,10,18H,16H2,1H3. The van der Waals surface area contributed by atoms with Crippen LogP contribution >= 0.6 is 0 Å². The fourth-order valence-electron chi connectivity index (χ4n) is 1.85. The van der Waals surface area contributed by atoms with Gasteiger partial charge in [-0.25, -0.2) is 9.82 Å². The molecule has 0 amide bonds.